The number of rotatable bonds is 4. The number of likely N-dealkylation sites (tertiary alicyclic amines) is 1. The minimum Gasteiger partial charge on any atom is -0.481 e. The number of nitrogens with one attached hydrogen (secondary N) is 1. The van der Waals surface area contributed by atoms with E-state index in [9.17, 15) is 14.7 Å². The number of carboxylic acids is 1. The zero-order valence-corrected chi connectivity index (χ0v) is 18.7. The van der Waals surface area contributed by atoms with Crippen molar-refractivity contribution in [3.05, 3.63) is 69.2 Å². The molecule has 2 aromatic carbocycles. The number of carbonyl (C=O) groups is 2. The summed E-state index contributed by atoms with van der Waals surface area (Å²) in [6.45, 7) is 3.94. The summed E-state index contributed by atoms with van der Waals surface area (Å²) in [5.41, 5.74) is 4.67. The lowest BCUT2D eigenvalue weighted by atomic mass is 9.73. The van der Waals surface area contributed by atoms with Crippen LogP contribution in [-0.4, -0.2) is 35.1 Å². The molecule has 1 saturated heterocycles. The Kier molecular flexibility index (Phi) is 5.87. The second-order valence-corrected chi connectivity index (χ2v) is 9.41. The van der Waals surface area contributed by atoms with Crippen molar-refractivity contribution in [2.45, 2.75) is 50.5 Å². The average Bonchev–Trinajstić information content (AvgIpc) is 3.01. The van der Waals surface area contributed by atoms with Gasteiger partial charge in [0.25, 0.3) is 0 Å². The monoisotopic (exact) mass is 470 g/mol. The van der Waals surface area contributed by atoms with Gasteiger partial charge in [-0.2, -0.15) is 0 Å². The van der Waals surface area contributed by atoms with Gasteiger partial charge in [0.05, 0.1) is 6.42 Å². The summed E-state index contributed by atoms with van der Waals surface area (Å²) < 4.78 is 1.06. The molecule has 0 radical (unpaired) electrons. The average molecular weight is 471 g/mol. The standard InChI is InChI=1S/C24H27BrN2O3/c1-16-5-2-3-6-17(16)15-26-23(30)27-11-9-24(10-12-27)14-18(13-21(28)29)19-7-4-8-20(25)22(19)24/h2-8,18H,9-15H2,1H3,(H,26,30)(H,28,29). The molecule has 1 atom stereocenters. The van der Waals surface area contributed by atoms with Crippen LogP contribution in [0, 0.1) is 6.92 Å². The van der Waals surface area contributed by atoms with E-state index in [1.165, 1.54) is 11.1 Å². The molecule has 0 bridgehead atoms. The van der Waals surface area contributed by atoms with Crippen LogP contribution in [-0.2, 0) is 16.8 Å². The van der Waals surface area contributed by atoms with Gasteiger partial charge in [0, 0.05) is 29.5 Å². The Hall–Kier alpha value is -2.34. The van der Waals surface area contributed by atoms with Gasteiger partial charge in [0.15, 0.2) is 0 Å². The zero-order chi connectivity index (χ0) is 21.3. The van der Waals surface area contributed by atoms with E-state index in [0.29, 0.717) is 19.6 Å². The van der Waals surface area contributed by atoms with E-state index in [1.54, 1.807) is 0 Å². The lowest BCUT2D eigenvalue weighted by Gasteiger charge is -2.40. The van der Waals surface area contributed by atoms with Gasteiger partial charge in [0.1, 0.15) is 0 Å². The smallest absolute Gasteiger partial charge is 0.317 e. The van der Waals surface area contributed by atoms with E-state index < -0.39 is 5.97 Å². The molecule has 1 heterocycles. The number of aliphatic carboxylic acids is 1. The maximum absolute atomic E-state index is 12.7. The molecule has 2 N–H and O–H groups in total. The molecule has 1 fully saturated rings. The van der Waals surface area contributed by atoms with Crippen LogP contribution in [0.2, 0.25) is 0 Å². The van der Waals surface area contributed by atoms with Gasteiger partial charge in [0.2, 0.25) is 0 Å². The number of carboxylic acid groups (broad SMARTS) is 1. The molecule has 4 rings (SSSR count). The number of nitrogens with zero attached hydrogens (tertiary/aromatic N) is 1. The predicted molar refractivity (Wildman–Crippen MR) is 120 cm³/mol. The molecule has 5 nitrogen and oxygen atoms in total. The normalized spacial score (nSPS) is 19.5. The maximum atomic E-state index is 12.7. The third-order valence-corrected chi connectivity index (χ3v) is 7.43. The molecule has 1 spiro atoms. The number of hydrogen-bond donors (Lipinski definition) is 2. The molecule has 158 valence electrons. The van der Waals surface area contributed by atoms with Crippen LogP contribution in [0.5, 0.6) is 0 Å². The second-order valence-electron chi connectivity index (χ2n) is 8.56. The molecule has 30 heavy (non-hydrogen) atoms. The van der Waals surface area contributed by atoms with Crippen LogP contribution in [0.3, 0.4) is 0 Å². The van der Waals surface area contributed by atoms with Crippen LogP contribution in [0.25, 0.3) is 0 Å². The Balaban J connectivity index is 1.44. The Labute approximate surface area is 185 Å². The molecule has 2 aromatic rings. The fourth-order valence-electron chi connectivity index (χ4n) is 5.20. The number of hydrogen-bond acceptors (Lipinski definition) is 2. The summed E-state index contributed by atoms with van der Waals surface area (Å²) in [5.74, 6) is -0.715. The minimum atomic E-state index is -0.754. The molecule has 0 aromatic heterocycles. The molecule has 2 amide bonds. The van der Waals surface area contributed by atoms with Gasteiger partial charge in [-0.15, -0.1) is 0 Å². The summed E-state index contributed by atoms with van der Waals surface area (Å²) >= 11 is 3.71. The summed E-state index contributed by atoms with van der Waals surface area (Å²) in [5, 5.41) is 12.4. The number of piperidine rings is 1. The lowest BCUT2D eigenvalue weighted by molar-refractivity contribution is -0.137. The number of urea groups is 1. The van der Waals surface area contributed by atoms with E-state index in [1.807, 2.05) is 35.2 Å². The first-order valence-corrected chi connectivity index (χ1v) is 11.3. The quantitative estimate of drug-likeness (QED) is 0.662. The van der Waals surface area contributed by atoms with Gasteiger partial charge in [-0.05, 0) is 60.4 Å². The number of benzene rings is 2. The number of amides is 2. The van der Waals surface area contributed by atoms with E-state index in [2.05, 4.69) is 40.3 Å². The second kappa shape index (κ2) is 8.42. The van der Waals surface area contributed by atoms with Crippen LogP contribution >= 0.6 is 15.9 Å². The van der Waals surface area contributed by atoms with Crippen molar-refractivity contribution in [3.8, 4) is 0 Å². The number of carbonyl (C=O) groups excluding carboxylic acids is 1. The minimum absolute atomic E-state index is 0.0273. The molecule has 1 aliphatic carbocycles. The van der Waals surface area contributed by atoms with Crippen LogP contribution in [0.1, 0.15) is 53.9 Å². The number of halogens is 1. The van der Waals surface area contributed by atoms with Crippen LogP contribution in [0.15, 0.2) is 46.9 Å². The lowest BCUT2D eigenvalue weighted by Crippen LogP contribution is -2.48. The Bertz CT molecular complexity index is 967. The van der Waals surface area contributed by atoms with Crippen LogP contribution in [0.4, 0.5) is 4.79 Å². The first kappa shape index (κ1) is 20.9. The van der Waals surface area contributed by atoms with E-state index in [-0.39, 0.29) is 23.8 Å². The highest BCUT2D eigenvalue weighted by molar-refractivity contribution is 9.10. The van der Waals surface area contributed by atoms with Crippen molar-refractivity contribution in [1.82, 2.24) is 10.2 Å². The molecule has 0 saturated carbocycles. The molecule has 1 aliphatic heterocycles. The Morgan fingerprint density at radius 1 is 1.17 bits per heavy atom. The number of aryl methyl sites for hydroxylation is 1. The van der Waals surface area contributed by atoms with Crippen molar-refractivity contribution in [2.75, 3.05) is 13.1 Å². The SMILES string of the molecule is Cc1ccccc1CNC(=O)N1CCC2(CC1)CC(CC(=O)O)c1cccc(Br)c12. The first-order valence-electron chi connectivity index (χ1n) is 10.5. The van der Waals surface area contributed by atoms with Crippen molar-refractivity contribution >= 4 is 27.9 Å². The van der Waals surface area contributed by atoms with Crippen molar-refractivity contribution < 1.29 is 14.7 Å². The Morgan fingerprint density at radius 2 is 1.90 bits per heavy atom. The van der Waals surface area contributed by atoms with E-state index in [0.717, 1.165) is 34.9 Å². The van der Waals surface area contributed by atoms with Gasteiger partial charge in [-0.1, -0.05) is 52.3 Å². The highest BCUT2D eigenvalue weighted by Crippen LogP contribution is 2.54. The van der Waals surface area contributed by atoms with Gasteiger partial charge >= 0.3 is 12.0 Å². The Morgan fingerprint density at radius 3 is 2.60 bits per heavy atom. The summed E-state index contributed by atoms with van der Waals surface area (Å²) in [7, 11) is 0. The number of fused-ring (bicyclic) bond motifs is 2. The third kappa shape index (κ3) is 3.97. The zero-order valence-electron chi connectivity index (χ0n) is 17.2. The molecule has 1 unspecified atom stereocenters. The van der Waals surface area contributed by atoms with E-state index in [4.69, 9.17) is 0 Å². The van der Waals surface area contributed by atoms with Gasteiger partial charge in [-0.3, -0.25) is 4.79 Å². The summed E-state index contributed by atoms with van der Waals surface area (Å²) in [4.78, 5) is 26.0. The van der Waals surface area contributed by atoms with Gasteiger partial charge < -0.3 is 15.3 Å². The summed E-state index contributed by atoms with van der Waals surface area (Å²) in [6, 6.07) is 14.2. The largest absolute Gasteiger partial charge is 0.481 e. The highest BCUT2D eigenvalue weighted by atomic mass is 79.9. The molecule has 6 heteroatoms. The fourth-order valence-corrected chi connectivity index (χ4v) is 6.00. The topological polar surface area (TPSA) is 69.6 Å². The molecule has 2 aliphatic rings. The molecular formula is C24H27BrN2O3. The predicted octanol–water partition coefficient (Wildman–Crippen LogP) is 4.96. The van der Waals surface area contributed by atoms with Crippen molar-refractivity contribution in [1.29, 1.82) is 0 Å². The van der Waals surface area contributed by atoms with E-state index >= 15 is 0 Å². The molecular weight excluding hydrogens is 444 g/mol. The van der Waals surface area contributed by atoms with Crippen molar-refractivity contribution in [3.63, 3.8) is 0 Å². The van der Waals surface area contributed by atoms with Crippen LogP contribution < -0.4 is 5.32 Å². The van der Waals surface area contributed by atoms with Crippen molar-refractivity contribution in [2.24, 2.45) is 0 Å². The first-order chi connectivity index (χ1) is 14.4. The highest BCUT2D eigenvalue weighted by Gasteiger charge is 2.47. The third-order valence-electron chi connectivity index (χ3n) is 6.77. The summed E-state index contributed by atoms with van der Waals surface area (Å²) in [6.07, 6.45) is 2.72. The maximum Gasteiger partial charge on any atom is 0.317 e. The fraction of sp³-hybridized carbons (Fsp3) is 0.417. The van der Waals surface area contributed by atoms with Gasteiger partial charge in [-0.25, -0.2) is 4.79 Å².